The summed E-state index contributed by atoms with van der Waals surface area (Å²) in [5, 5.41) is 11.5. The Morgan fingerprint density at radius 1 is 0.885 bits per heavy atom. The number of amides is 1. The first-order valence-corrected chi connectivity index (χ1v) is 16.9. The van der Waals surface area contributed by atoms with Gasteiger partial charge in [-0.25, -0.2) is 9.59 Å². The minimum absolute atomic E-state index is 0.0119. The van der Waals surface area contributed by atoms with Gasteiger partial charge in [-0.2, -0.15) is 4.98 Å². The van der Waals surface area contributed by atoms with E-state index in [2.05, 4.69) is 10.3 Å². The number of nitrogens with one attached hydrogen (secondary N) is 1. The number of esters is 1. The van der Waals surface area contributed by atoms with Crippen LogP contribution in [-0.2, 0) is 34.1 Å². The highest BCUT2D eigenvalue weighted by Crippen LogP contribution is 2.43. The molecule has 2 heterocycles. The normalized spacial score (nSPS) is 17.3. The number of methoxy groups -OCH3 is 1. The van der Waals surface area contributed by atoms with E-state index in [9.17, 15) is 19.2 Å². The molecular weight excluding hydrogens is 670 g/mol. The lowest BCUT2D eigenvalue weighted by molar-refractivity contribution is -0.151. The fraction of sp³-hybridized carbons (Fsp3) is 0.359. The van der Waals surface area contributed by atoms with E-state index in [0.717, 1.165) is 16.7 Å². The Morgan fingerprint density at radius 2 is 1.50 bits per heavy atom. The summed E-state index contributed by atoms with van der Waals surface area (Å²) in [6.07, 6.45) is -0.650. The van der Waals surface area contributed by atoms with Crippen molar-refractivity contribution in [2.75, 3.05) is 32.2 Å². The highest BCUT2D eigenvalue weighted by atomic mass is 16.6. The van der Waals surface area contributed by atoms with Gasteiger partial charge in [0, 0.05) is 12.1 Å². The summed E-state index contributed by atoms with van der Waals surface area (Å²) in [5.74, 6) is -1.69. The van der Waals surface area contributed by atoms with Crippen molar-refractivity contribution in [3.8, 4) is 5.75 Å². The topological polar surface area (TPSA) is 165 Å². The van der Waals surface area contributed by atoms with Crippen LogP contribution in [-0.4, -0.2) is 71.3 Å². The number of ether oxygens (including phenoxy) is 5. The van der Waals surface area contributed by atoms with E-state index in [-0.39, 0.29) is 38.5 Å². The van der Waals surface area contributed by atoms with E-state index < -0.39 is 53.0 Å². The molecular formula is C39H43N3O10. The number of benzene rings is 3. The highest BCUT2D eigenvalue weighted by Gasteiger charge is 2.44. The molecule has 1 aliphatic rings. The number of carbonyl (C=O) groups is 3. The lowest BCUT2D eigenvalue weighted by atomic mass is 9.79. The van der Waals surface area contributed by atoms with Gasteiger partial charge in [-0.3, -0.25) is 19.5 Å². The van der Waals surface area contributed by atoms with Crippen molar-refractivity contribution in [2.24, 2.45) is 5.92 Å². The summed E-state index contributed by atoms with van der Waals surface area (Å²) < 4.78 is 30.9. The maximum atomic E-state index is 13.5. The predicted molar refractivity (Wildman–Crippen MR) is 190 cm³/mol. The number of carboxylic acid groups (broad SMARTS) is 1. The van der Waals surface area contributed by atoms with E-state index in [0.29, 0.717) is 5.75 Å². The largest absolute Gasteiger partial charge is 0.497 e. The molecule has 0 radical (unpaired) electrons. The molecule has 3 atom stereocenters. The predicted octanol–water partition coefficient (Wildman–Crippen LogP) is 5.57. The third kappa shape index (κ3) is 9.22. The molecule has 13 heteroatoms. The molecule has 1 aliphatic heterocycles. The van der Waals surface area contributed by atoms with Gasteiger partial charge in [-0.15, -0.1) is 0 Å². The SMILES string of the molecule is COc1ccc(C(OC[C@H]2C(n3ccc(NC(=O)OC(C)(C)C)nc3=O)CO[C@@H]2COC(=O)CCC(=O)O)(c2ccccc2)c2ccccc2)cc1. The first-order chi connectivity index (χ1) is 24.9. The van der Waals surface area contributed by atoms with E-state index in [1.54, 1.807) is 27.9 Å². The quantitative estimate of drug-likeness (QED) is 0.124. The van der Waals surface area contributed by atoms with Crippen LogP contribution in [0.2, 0.25) is 0 Å². The van der Waals surface area contributed by atoms with Gasteiger partial charge in [0.05, 0.1) is 45.3 Å². The zero-order valence-corrected chi connectivity index (χ0v) is 29.5. The standard InChI is InChI=1S/C39H43N3O10/c1-38(2,3)52-37(47)41-33-21-22-42(36(46)40-33)31-24-49-32(25-50-35(45)20-19-34(43)44)30(31)23-51-39(26-11-7-5-8-12-26,27-13-9-6-10-14-27)28-15-17-29(48-4)18-16-28/h5-18,21-22,30-32H,19-20,23-25H2,1-4H3,(H,43,44)(H,40,41,46,47)/t30-,31?,32+/m0/s1. The van der Waals surface area contributed by atoms with E-state index in [4.69, 9.17) is 28.8 Å². The molecule has 0 spiro atoms. The average molecular weight is 714 g/mol. The molecule has 3 aromatic carbocycles. The molecule has 0 bridgehead atoms. The third-order valence-electron chi connectivity index (χ3n) is 8.57. The van der Waals surface area contributed by atoms with Gasteiger partial charge in [0.15, 0.2) is 0 Å². The molecule has 0 aliphatic carbocycles. The van der Waals surface area contributed by atoms with Gasteiger partial charge in [0.2, 0.25) is 0 Å². The van der Waals surface area contributed by atoms with Crippen LogP contribution in [0.1, 0.15) is 56.3 Å². The lowest BCUT2D eigenvalue weighted by Gasteiger charge is -2.38. The first kappa shape index (κ1) is 37.7. The number of anilines is 1. The average Bonchev–Trinajstić information content (AvgIpc) is 3.52. The van der Waals surface area contributed by atoms with Crippen molar-refractivity contribution in [3.63, 3.8) is 0 Å². The van der Waals surface area contributed by atoms with Crippen LogP contribution < -0.4 is 15.7 Å². The van der Waals surface area contributed by atoms with Gasteiger partial charge >= 0.3 is 23.7 Å². The van der Waals surface area contributed by atoms with E-state index >= 15 is 0 Å². The van der Waals surface area contributed by atoms with Crippen molar-refractivity contribution in [2.45, 2.75) is 57.0 Å². The Balaban J connectivity index is 1.52. The maximum absolute atomic E-state index is 13.5. The van der Waals surface area contributed by atoms with Crippen molar-refractivity contribution in [1.29, 1.82) is 0 Å². The monoisotopic (exact) mass is 713 g/mol. The molecule has 5 rings (SSSR count). The summed E-state index contributed by atoms with van der Waals surface area (Å²) in [5.41, 5.74) is -0.0485. The summed E-state index contributed by atoms with van der Waals surface area (Å²) in [7, 11) is 1.60. The zero-order valence-electron chi connectivity index (χ0n) is 29.5. The number of carbonyl (C=O) groups excluding carboxylic acids is 2. The number of hydrogen-bond donors (Lipinski definition) is 2. The van der Waals surface area contributed by atoms with Gasteiger partial charge < -0.3 is 28.8 Å². The number of aliphatic carboxylic acids is 1. The van der Waals surface area contributed by atoms with Crippen molar-refractivity contribution < 1.29 is 43.2 Å². The van der Waals surface area contributed by atoms with Crippen LogP contribution >= 0.6 is 0 Å². The Labute approximate surface area is 301 Å². The highest BCUT2D eigenvalue weighted by molar-refractivity contribution is 5.83. The number of carboxylic acids is 1. The second kappa shape index (κ2) is 16.7. The number of rotatable bonds is 14. The molecule has 2 N–H and O–H groups in total. The summed E-state index contributed by atoms with van der Waals surface area (Å²) in [6.45, 7) is 5.03. The maximum Gasteiger partial charge on any atom is 0.413 e. The van der Waals surface area contributed by atoms with Crippen LogP contribution in [0.25, 0.3) is 0 Å². The number of hydrogen-bond acceptors (Lipinski definition) is 10. The second-order valence-electron chi connectivity index (χ2n) is 13.3. The molecule has 1 aromatic heterocycles. The fourth-order valence-corrected chi connectivity index (χ4v) is 6.14. The zero-order chi connectivity index (χ0) is 37.3. The molecule has 13 nitrogen and oxygen atoms in total. The van der Waals surface area contributed by atoms with Gasteiger partial charge in [-0.1, -0.05) is 72.8 Å². The Kier molecular flexibility index (Phi) is 12.1. The Bertz CT molecular complexity index is 1840. The number of aromatic nitrogens is 2. The molecule has 274 valence electrons. The van der Waals surface area contributed by atoms with E-state index in [1.165, 1.54) is 16.8 Å². The Morgan fingerprint density at radius 3 is 2.06 bits per heavy atom. The van der Waals surface area contributed by atoms with Crippen molar-refractivity contribution >= 4 is 23.8 Å². The van der Waals surface area contributed by atoms with Gasteiger partial charge in [0.25, 0.3) is 0 Å². The van der Waals surface area contributed by atoms with Crippen LogP contribution in [0, 0.1) is 5.92 Å². The molecule has 0 saturated carbocycles. The fourth-order valence-electron chi connectivity index (χ4n) is 6.14. The molecule has 1 amide bonds. The first-order valence-electron chi connectivity index (χ1n) is 16.9. The minimum Gasteiger partial charge on any atom is -0.497 e. The molecule has 52 heavy (non-hydrogen) atoms. The van der Waals surface area contributed by atoms with Crippen LogP contribution in [0.4, 0.5) is 10.6 Å². The smallest absolute Gasteiger partial charge is 0.413 e. The van der Waals surface area contributed by atoms with Crippen LogP contribution in [0.15, 0.2) is 102 Å². The molecule has 4 aromatic rings. The molecule has 1 fully saturated rings. The van der Waals surface area contributed by atoms with E-state index in [1.807, 2.05) is 84.9 Å². The lowest BCUT2D eigenvalue weighted by Crippen LogP contribution is -2.40. The second-order valence-corrected chi connectivity index (χ2v) is 13.3. The third-order valence-corrected chi connectivity index (χ3v) is 8.57. The van der Waals surface area contributed by atoms with Gasteiger partial charge in [-0.05, 0) is 55.7 Å². The summed E-state index contributed by atoms with van der Waals surface area (Å²) >= 11 is 0. The summed E-state index contributed by atoms with van der Waals surface area (Å²) in [4.78, 5) is 53.4. The Hall–Kier alpha value is -5.53. The number of nitrogens with zero attached hydrogens (tertiary/aromatic N) is 2. The molecule has 1 saturated heterocycles. The summed E-state index contributed by atoms with van der Waals surface area (Å²) in [6, 6.07) is 27.9. The van der Waals surface area contributed by atoms with Gasteiger partial charge in [0.1, 0.15) is 29.4 Å². The van der Waals surface area contributed by atoms with Crippen LogP contribution in [0.5, 0.6) is 5.75 Å². The van der Waals surface area contributed by atoms with Crippen molar-refractivity contribution in [3.05, 3.63) is 124 Å². The van der Waals surface area contributed by atoms with Crippen molar-refractivity contribution in [1.82, 2.24) is 9.55 Å². The molecule has 1 unspecified atom stereocenters. The minimum atomic E-state index is -1.14. The van der Waals surface area contributed by atoms with Crippen LogP contribution in [0.3, 0.4) is 0 Å².